The van der Waals surface area contributed by atoms with Gasteiger partial charge in [0.1, 0.15) is 0 Å². The van der Waals surface area contributed by atoms with Crippen molar-refractivity contribution in [1.29, 1.82) is 0 Å². The lowest BCUT2D eigenvalue weighted by Crippen LogP contribution is -2.13. The molecule has 2 atom stereocenters. The number of allylic oxidation sites excluding steroid dienone is 4. The van der Waals surface area contributed by atoms with Gasteiger partial charge in [0.05, 0.1) is 0 Å². The topological polar surface area (TPSA) is 0 Å². The standard InChI is InChI=1S/C13H22/c1-4-7-12(5-2)13-9-6-8-11(3)10-13/h6,8-9,12-13H,4-5,7,10H2,1-3H3. The fraction of sp³-hybridized carbons (Fsp3) is 0.692. The van der Waals surface area contributed by atoms with Crippen molar-refractivity contribution in [3.8, 4) is 0 Å². The van der Waals surface area contributed by atoms with Crippen LogP contribution in [0.2, 0.25) is 0 Å². The molecule has 0 heteroatoms. The molecule has 1 aliphatic rings. The molecule has 0 aromatic heterocycles. The summed E-state index contributed by atoms with van der Waals surface area (Å²) in [5.74, 6) is 1.72. The van der Waals surface area contributed by atoms with E-state index in [0.29, 0.717) is 0 Å². The van der Waals surface area contributed by atoms with E-state index < -0.39 is 0 Å². The Bertz CT molecular complexity index is 198. The summed E-state index contributed by atoms with van der Waals surface area (Å²) in [5.41, 5.74) is 1.54. The second-order valence-electron chi connectivity index (χ2n) is 4.22. The van der Waals surface area contributed by atoms with Crippen LogP contribution in [0.5, 0.6) is 0 Å². The summed E-state index contributed by atoms with van der Waals surface area (Å²) in [6.07, 6.45) is 12.2. The van der Waals surface area contributed by atoms with Crippen molar-refractivity contribution in [2.45, 2.75) is 46.5 Å². The molecule has 2 unspecified atom stereocenters. The van der Waals surface area contributed by atoms with Crippen molar-refractivity contribution in [1.82, 2.24) is 0 Å². The first-order chi connectivity index (χ1) is 6.27. The Labute approximate surface area is 82.7 Å². The molecule has 0 radical (unpaired) electrons. The summed E-state index contributed by atoms with van der Waals surface area (Å²) in [4.78, 5) is 0. The fourth-order valence-corrected chi connectivity index (χ4v) is 2.29. The molecule has 0 nitrogen and oxygen atoms in total. The quantitative estimate of drug-likeness (QED) is 0.601. The molecule has 0 fully saturated rings. The van der Waals surface area contributed by atoms with Crippen molar-refractivity contribution in [2.75, 3.05) is 0 Å². The largest absolute Gasteiger partial charge is 0.0808 e. The summed E-state index contributed by atoms with van der Waals surface area (Å²) in [7, 11) is 0. The van der Waals surface area contributed by atoms with Gasteiger partial charge in [-0.3, -0.25) is 0 Å². The average molecular weight is 178 g/mol. The highest BCUT2D eigenvalue weighted by atomic mass is 14.2. The third-order valence-electron chi connectivity index (χ3n) is 3.09. The predicted octanol–water partition coefficient (Wildman–Crippen LogP) is 4.34. The van der Waals surface area contributed by atoms with E-state index in [0.717, 1.165) is 11.8 Å². The van der Waals surface area contributed by atoms with Gasteiger partial charge in [-0.25, -0.2) is 0 Å². The number of hydrogen-bond acceptors (Lipinski definition) is 0. The van der Waals surface area contributed by atoms with Gasteiger partial charge in [-0.1, -0.05) is 56.9 Å². The van der Waals surface area contributed by atoms with Crippen LogP contribution in [-0.4, -0.2) is 0 Å². The van der Waals surface area contributed by atoms with Gasteiger partial charge in [0.2, 0.25) is 0 Å². The molecule has 0 spiro atoms. The van der Waals surface area contributed by atoms with Crippen LogP contribution < -0.4 is 0 Å². The van der Waals surface area contributed by atoms with Crippen LogP contribution in [0.15, 0.2) is 23.8 Å². The molecule has 13 heavy (non-hydrogen) atoms. The van der Waals surface area contributed by atoms with Gasteiger partial charge < -0.3 is 0 Å². The molecular formula is C13H22. The van der Waals surface area contributed by atoms with E-state index in [4.69, 9.17) is 0 Å². The van der Waals surface area contributed by atoms with Crippen LogP contribution in [0.25, 0.3) is 0 Å². The minimum absolute atomic E-state index is 0.815. The highest BCUT2D eigenvalue weighted by Gasteiger charge is 2.18. The molecule has 0 heterocycles. The van der Waals surface area contributed by atoms with Crippen LogP contribution in [-0.2, 0) is 0 Å². The Morgan fingerprint density at radius 2 is 2.23 bits per heavy atom. The molecule has 0 N–H and O–H groups in total. The van der Waals surface area contributed by atoms with E-state index in [-0.39, 0.29) is 0 Å². The lowest BCUT2D eigenvalue weighted by Gasteiger charge is -2.25. The zero-order chi connectivity index (χ0) is 9.68. The summed E-state index contributed by atoms with van der Waals surface area (Å²) in [6, 6.07) is 0. The first kappa shape index (κ1) is 10.6. The van der Waals surface area contributed by atoms with Crippen LogP contribution >= 0.6 is 0 Å². The Hall–Kier alpha value is -0.520. The van der Waals surface area contributed by atoms with Crippen LogP contribution in [0.4, 0.5) is 0 Å². The summed E-state index contributed by atoms with van der Waals surface area (Å²) >= 11 is 0. The molecule has 0 aliphatic heterocycles. The van der Waals surface area contributed by atoms with Crippen molar-refractivity contribution in [2.24, 2.45) is 11.8 Å². The maximum absolute atomic E-state index is 2.40. The summed E-state index contributed by atoms with van der Waals surface area (Å²) in [6.45, 7) is 6.86. The van der Waals surface area contributed by atoms with Crippen molar-refractivity contribution in [3.63, 3.8) is 0 Å². The zero-order valence-electron chi connectivity index (χ0n) is 9.22. The smallest absolute Gasteiger partial charge is 0.0165 e. The molecule has 0 aromatic rings. The number of rotatable bonds is 4. The molecule has 0 bridgehead atoms. The molecule has 0 saturated heterocycles. The van der Waals surface area contributed by atoms with Crippen molar-refractivity contribution < 1.29 is 0 Å². The van der Waals surface area contributed by atoms with E-state index in [1.165, 1.54) is 25.7 Å². The van der Waals surface area contributed by atoms with Gasteiger partial charge in [-0.2, -0.15) is 0 Å². The second kappa shape index (κ2) is 5.26. The molecule has 0 saturated carbocycles. The van der Waals surface area contributed by atoms with E-state index >= 15 is 0 Å². The maximum atomic E-state index is 2.40. The Morgan fingerprint density at radius 1 is 1.46 bits per heavy atom. The van der Waals surface area contributed by atoms with Crippen molar-refractivity contribution >= 4 is 0 Å². The molecule has 74 valence electrons. The minimum Gasteiger partial charge on any atom is -0.0808 e. The fourth-order valence-electron chi connectivity index (χ4n) is 2.29. The lowest BCUT2D eigenvalue weighted by molar-refractivity contribution is 0.350. The van der Waals surface area contributed by atoms with E-state index in [1.54, 1.807) is 5.57 Å². The van der Waals surface area contributed by atoms with Crippen LogP contribution in [0.3, 0.4) is 0 Å². The molecule has 1 aliphatic carbocycles. The molecule has 1 rings (SSSR count). The lowest BCUT2D eigenvalue weighted by atomic mass is 9.80. The first-order valence-electron chi connectivity index (χ1n) is 5.61. The van der Waals surface area contributed by atoms with Gasteiger partial charge in [-0.05, 0) is 25.2 Å². The normalized spacial score (nSPS) is 24.2. The van der Waals surface area contributed by atoms with Gasteiger partial charge in [0.15, 0.2) is 0 Å². The predicted molar refractivity (Wildman–Crippen MR) is 59.7 cm³/mol. The van der Waals surface area contributed by atoms with Gasteiger partial charge in [0, 0.05) is 0 Å². The van der Waals surface area contributed by atoms with Gasteiger partial charge in [0.25, 0.3) is 0 Å². The van der Waals surface area contributed by atoms with Gasteiger partial charge >= 0.3 is 0 Å². The van der Waals surface area contributed by atoms with Gasteiger partial charge in [-0.15, -0.1) is 0 Å². The third-order valence-corrected chi connectivity index (χ3v) is 3.09. The highest BCUT2D eigenvalue weighted by Crippen LogP contribution is 2.30. The first-order valence-corrected chi connectivity index (χ1v) is 5.61. The second-order valence-corrected chi connectivity index (χ2v) is 4.22. The number of hydrogen-bond donors (Lipinski definition) is 0. The Balaban J connectivity index is 2.51. The average Bonchev–Trinajstić information content (AvgIpc) is 2.14. The van der Waals surface area contributed by atoms with Crippen molar-refractivity contribution in [3.05, 3.63) is 23.8 Å². The molecular weight excluding hydrogens is 156 g/mol. The molecule has 0 amide bonds. The van der Waals surface area contributed by atoms with E-state index in [2.05, 4.69) is 39.0 Å². The SMILES string of the molecule is CCCC(CC)C1C=CC=C(C)C1. The monoisotopic (exact) mass is 178 g/mol. The Kier molecular flexibility index (Phi) is 4.27. The Morgan fingerprint density at radius 3 is 2.77 bits per heavy atom. The molecule has 0 aromatic carbocycles. The zero-order valence-corrected chi connectivity index (χ0v) is 9.22. The summed E-state index contributed by atoms with van der Waals surface area (Å²) < 4.78 is 0. The third kappa shape index (κ3) is 3.02. The van der Waals surface area contributed by atoms with E-state index in [9.17, 15) is 0 Å². The minimum atomic E-state index is 0.815. The summed E-state index contributed by atoms with van der Waals surface area (Å²) in [5, 5.41) is 0. The highest BCUT2D eigenvalue weighted by molar-refractivity contribution is 5.18. The maximum Gasteiger partial charge on any atom is -0.0165 e. The van der Waals surface area contributed by atoms with Crippen LogP contribution in [0.1, 0.15) is 46.5 Å². The van der Waals surface area contributed by atoms with Crippen LogP contribution in [0, 0.1) is 11.8 Å². The van der Waals surface area contributed by atoms with E-state index in [1.807, 2.05) is 0 Å².